The summed E-state index contributed by atoms with van der Waals surface area (Å²) in [6, 6.07) is 6.01. The van der Waals surface area contributed by atoms with Crippen LogP contribution in [0.4, 0.5) is 10.5 Å². The number of carboxylic acid groups (broad SMARTS) is 1. The Morgan fingerprint density at radius 2 is 2.24 bits per heavy atom. The Hall–Kier alpha value is -2.12. The Kier molecular flexibility index (Phi) is 5.13. The Labute approximate surface area is 122 Å². The number of ether oxygens (including phenoxy) is 1. The van der Waals surface area contributed by atoms with Gasteiger partial charge in [-0.1, -0.05) is 12.1 Å². The van der Waals surface area contributed by atoms with Crippen molar-refractivity contribution < 1.29 is 24.5 Å². The minimum absolute atomic E-state index is 0.0967. The molecular formula is C14H18N2O5. The van der Waals surface area contributed by atoms with E-state index in [1.54, 1.807) is 24.3 Å². The number of aliphatic hydroxyl groups excluding tert-OH is 1. The van der Waals surface area contributed by atoms with Gasteiger partial charge in [0.25, 0.3) is 0 Å². The molecule has 0 bridgehead atoms. The molecule has 1 aliphatic heterocycles. The SMILES string of the molecule is O=C(O)Cc1cccc(NC(=O)N2CCOCC2CO)c1. The number of amides is 2. The molecule has 0 aromatic heterocycles. The summed E-state index contributed by atoms with van der Waals surface area (Å²) >= 11 is 0. The number of rotatable bonds is 4. The number of nitrogens with one attached hydrogen (secondary N) is 1. The number of nitrogens with zero attached hydrogens (tertiary/aromatic N) is 1. The maximum absolute atomic E-state index is 12.2. The van der Waals surface area contributed by atoms with E-state index >= 15 is 0 Å². The van der Waals surface area contributed by atoms with Crippen molar-refractivity contribution in [3.8, 4) is 0 Å². The van der Waals surface area contributed by atoms with Gasteiger partial charge >= 0.3 is 12.0 Å². The number of anilines is 1. The highest BCUT2D eigenvalue weighted by atomic mass is 16.5. The van der Waals surface area contributed by atoms with Crippen LogP contribution in [0.5, 0.6) is 0 Å². The molecule has 1 aliphatic rings. The van der Waals surface area contributed by atoms with E-state index in [1.807, 2.05) is 0 Å². The van der Waals surface area contributed by atoms with E-state index in [-0.39, 0.29) is 25.1 Å². The number of morpholine rings is 1. The topological polar surface area (TPSA) is 99.1 Å². The van der Waals surface area contributed by atoms with Crippen LogP contribution >= 0.6 is 0 Å². The van der Waals surface area contributed by atoms with Crippen molar-refractivity contribution in [3.63, 3.8) is 0 Å². The summed E-state index contributed by atoms with van der Waals surface area (Å²) in [5, 5.41) is 20.7. The van der Waals surface area contributed by atoms with Crippen LogP contribution in [-0.2, 0) is 16.0 Å². The van der Waals surface area contributed by atoms with Crippen LogP contribution in [0.1, 0.15) is 5.56 Å². The highest BCUT2D eigenvalue weighted by molar-refractivity contribution is 5.89. The van der Waals surface area contributed by atoms with Crippen LogP contribution in [0.25, 0.3) is 0 Å². The van der Waals surface area contributed by atoms with Crippen LogP contribution in [0, 0.1) is 0 Å². The Morgan fingerprint density at radius 1 is 1.43 bits per heavy atom. The molecule has 1 aromatic rings. The largest absolute Gasteiger partial charge is 0.481 e. The van der Waals surface area contributed by atoms with Gasteiger partial charge in [-0.2, -0.15) is 0 Å². The molecular weight excluding hydrogens is 276 g/mol. The first kappa shape index (κ1) is 15.3. The lowest BCUT2D eigenvalue weighted by atomic mass is 10.1. The van der Waals surface area contributed by atoms with Crippen molar-refractivity contribution in [2.24, 2.45) is 0 Å². The number of carbonyl (C=O) groups is 2. The van der Waals surface area contributed by atoms with E-state index in [4.69, 9.17) is 9.84 Å². The lowest BCUT2D eigenvalue weighted by molar-refractivity contribution is -0.136. The van der Waals surface area contributed by atoms with Gasteiger partial charge in [-0.3, -0.25) is 4.79 Å². The number of carbonyl (C=O) groups excluding carboxylic acids is 1. The number of urea groups is 1. The third-order valence-electron chi connectivity index (χ3n) is 3.23. The average molecular weight is 294 g/mol. The van der Waals surface area contributed by atoms with Crippen molar-refractivity contribution >= 4 is 17.7 Å². The number of benzene rings is 1. The normalized spacial score (nSPS) is 18.3. The van der Waals surface area contributed by atoms with Crippen molar-refractivity contribution in [2.45, 2.75) is 12.5 Å². The molecule has 1 fully saturated rings. The summed E-state index contributed by atoms with van der Waals surface area (Å²) in [5.74, 6) is -0.924. The standard InChI is InChI=1S/C14H18N2O5/c17-8-12-9-21-5-4-16(12)14(20)15-11-3-1-2-10(6-11)7-13(18)19/h1-3,6,12,17H,4-5,7-9H2,(H,15,20)(H,18,19). The third kappa shape index (κ3) is 4.17. The zero-order valence-corrected chi connectivity index (χ0v) is 11.5. The Balaban J connectivity index is 2.03. The van der Waals surface area contributed by atoms with Crippen molar-refractivity contribution in [1.29, 1.82) is 0 Å². The van der Waals surface area contributed by atoms with E-state index < -0.39 is 5.97 Å². The molecule has 2 amide bonds. The molecule has 0 aliphatic carbocycles. The lowest BCUT2D eigenvalue weighted by Gasteiger charge is -2.34. The molecule has 1 aromatic carbocycles. The molecule has 3 N–H and O–H groups in total. The second kappa shape index (κ2) is 7.05. The van der Waals surface area contributed by atoms with Crippen LogP contribution < -0.4 is 5.32 Å². The monoisotopic (exact) mass is 294 g/mol. The zero-order chi connectivity index (χ0) is 15.2. The molecule has 21 heavy (non-hydrogen) atoms. The van der Waals surface area contributed by atoms with Gasteiger partial charge < -0.3 is 25.2 Å². The molecule has 114 valence electrons. The third-order valence-corrected chi connectivity index (χ3v) is 3.23. The van der Waals surface area contributed by atoms with Gasteiger partial charge in [-0.25, -0.2) is 4.79 Å². The summed E-state index contributed by atoms with van der Waals surface area (Å²) in [4.78, 5) is 24.4. The molecule has 2 rings (SSSR count). The number of aliphatic carboxylic acids is 1. The van der Waals surface area contributed by atoms with Crippen LogP contribution in [0.15, 0.2) is 24.3 Å². The van der Waals surface area contributed by atoms with E-state index in [9.17, 15) is 14.7 Å². The summed E-state index contributed by atoms with van der Waals surface area (Å²) in [6.45, 7) is 0.990. The molecule has 1 atom stereocenters. The zero-order valence-electron chi connectivity index (χ0n) is 11.5. The Morgan fingerprint density at radius 3 is 2.95 bits per heavy atom. The van der Waals surface area contributed by atoms with Gasteiger partial charge in [0.15, 0.2) is 0 Å². The van der Waals surface area contributed by atoms with Gasteiger partial charge in [-0.05, 0) is 17.7 Å². The first-order valence-corrected chi connectivity index (χ1v) is 6.67. The number of aliphatic hydroxyl groups is 1. The summed E-state index contributed by atoms with van der Waals surface area (Å²) < 4.78 is 5.22. The van der Waals surface area contributed by atoms with E-state index in [0.29, 0.717) is 31.0 Å². The van der Waals surface area contributed by atoms with Crippen LogP contribution in [0.2, 0.25) is 0 Å². The van der Waals surface area contributed by atoms with E-state index in [2.05, 4.69) is 5.32 Å². The van der Waals surface area contributed by atoms with Crippen molar-refractivity contribution in [3.05, 3.63) is 29.8 Å². The fourth-order valence-electron chi connectivity index (χ4n) is 2.20. The molecule has 0 spiro atoms. The maximum atomic E-state index is 12.2. The molecule has 1 unspecified atom stereocenters. The lowest BCUT2D eigenvalue weighted by Crippen LogP contribution is -2.52. The molecule has 7 nitrogen and oxygen atoms in total. The number of carboxylic acids is 1. The van der Waals surface area contributed by atoms with Gasteiger partial charge in [0.1, 0.15) is 0 Å². The highest BCUT2D eigenvalue weighted by Crippen LogP contribution is 2.14. The van der Waals surface area contributed by atoms with Crippen molar-refractivity contribution in [1.82, 2.24) is 4.90 Å². The van der Waals surface area contributed by atoms with E-state index in [1.165, 1.54) is 4.90 Å². The fraction of sp³-hybridized carbons (Fsp3) is 0.429. The predicted molar refractivity (Wildman–Crippen MR) is 75.2 cm³/mol. The second-order valence-corrected chi connectivity index (χ2v) is 4.81. The minimum Gasteiger partial charge on any atom is -0.481 e. The molecule has 1 saturated heterocycles. The molecule has 0 saturated carbocycles. The molecule has 0 radical (unpaired) electrons. The predicted octanol–water partition coefficient (Wildman–Crippen LogP) is 0.539. The summed E-state index contributed by atoms with van der Waals surface area (Å²) in [5.41, 5.74) is 1.14. The van der Waals surface area contributed by atoms with Crippen molar-refractivity contribution in [2.75, 3.05) is 31.7 Å². The first-order valence-electron chi connectivity index (χ1n) is 6.67. The van der Waals surface area contributed by atoms with Gasteiger partial charge in [-0.15, -0.1) is 0 Å². The Bertz CT molecular complexity index is 520. The van der Waals surface area contributed by atoms with E-state index in [0.717, 1.165) is 0 Å². The van der Waals surface area contributed by atoms with Gasteiger partial charge in [0.2, 0.25) is 0 Å². The fourth-order valence-corrected chi connectivity index (χ4v) is 2.20. The average Bonchev–Trinajstić information content (AvgIpc) is 2.46. The summed E-state index contributed by atoms with van der Waals surface area (Å²) in [6.07, 6.45) is -0.0967. The first-order chi connectivity index (χ1) is 10.1. The number of hydrogen-bond acceptors (Lipinski definition) is 4. The summed E-state index contributed by atoms with van der Waals surface area (Å²) in [7, 11) is 0. The van der Waals surface area contributed by atoms with Gasteiger partial charge in [0.05, 0.1) is 32.3 Å². The minimum atomic E-state index is -0.924. The highest BCUT2D eigenvalue weighted by Gasteiger charge is 2.26. The number of hydrogen-bond donors (Lipinski definition) is 3. The quantitative estimate of drug-likeness (QED) is 0.752. The second-order valence-electron chi connectivity index (χ2n) is 4.81. The van der Waals surface area contributed by atoms with Crippen LogP contribution in [0.3, 0.4) is 0 Å². The maximum Gasteiger partial charge on any atom is 0.322 e. The molecule has 1 heterocycles. The van der Waals surface area contributed by atoms with Gasteiger partial charge in [0, 0.05) is 12.2 Å². The smallest absolute Gasteiger partial charge is 0.322 e. The van der Waals surface area contributed by atoms with Crippen LogP contribution in [-0.4, -0.2) is 59.5 Å². The molecule has 7 heteroatoms.